The van der Waals surface area contributed by atoms with Gasteiger partial charge in [-0.1, -0.05) is 30.3 Å². The molecule has 96 valence electrons. The van der Waals surface area contributed by atoms with Crippen LogP contribution in [-0.4, -0.2) is 25.0 Å². The van der Waals surface area contributed by atoms with E-state index in [-0.39, 0.29) is 24.8 Å². The van der Waals surface area contributed by atoms with Gasteiger partial charge in [0.2, 0.25) is 5.91 Å². The molecule has 1 aromatic rings. The van der Waals surface area contributed by atoms with Crippen LogP contribution >= 0.6 is 0 Å². The minimum absolute atomic E-state index is 0.193. The van der Waals surface area contributed by atoms with E-state index in [2.05, 4.69) is 5.32 Å². The summed E-state index contributed by atoms with van der Waals surface area (Å²) in [5, 5.41) is 2.62. The third-order valence-corrected chi connectivity index (χ3v) is 2.16. The van der Waals surface area contributed by atoms with Crippen molar-refractivity contribution in [2.24, 2.45) is 0 Å². The summed E-state index contributed by atoms with van der Waals surface area (Å²) >= 11 is 0. The van der Waals surface area contributed by atoms with Crippen molar-refractivity contribution in [1.82, 2.24) is 5.32 Å². The summed E-state index contributed by atoms with van der Waals surface area (Å²) in [6, 6.07) is 9.53. The molecule has 0 heterocycles. The molecule has 1 rings (SSSR count). The topological polar surface area (TPSA) is 55.4 Å². The Labute approximate surface area is 107 Å². The first-order valence-corrected chi connectivity index (χ1v) is 5.89. The van der Waals surface area contributed by atoms with E-state index in [0.29, 0.717) is 6.61 Å². The van der Waals surface area contributed by atoms with Crippen LogP contribution in [0.3, 0.4) is 0 Å². The smallest absolute Gasteiger partial charge is 0.307 e. The highest BCUT2D eigenvalue weighted by Gasteiger charge is 2.01. The van der Waals surface area contributed by atoms with Gasteiger partial charge in [-0.15, -0.1) is 0 Å². The van der Waals surface area contributed by atoms with Gasteiger partial charge in [0.1, 0.15) is 0 Å². The summed E-state index contributed by atoms with van der Waals surface area (Å²) in [6.07, 6.45) is 3.36. The first-order valence-electron chi connectivity index (χ1n) is 5.89. The standard InChI is InChI=1S/C14H17NO3/c1-2-18-14(17)10-11-15-13(16)9-8-12-6-4-3-5-7-12/h3-9H,2,10-11H2,1H3,(H,15,16)/b9-8+. The summed E-state index contributed by atoms with van der Waals surface area (Å²) in [7, 11) is 0. The van der Waals surface area contributed by atoms with Crippen molar-refractivity contribution in [1.29, 1.82) is 0 Å². The highest BCUT2D eigenvalue weighted by Crippen LogP contribution is 2.00. The Bertz CT molecular complexity index is 412. The second-order valence-corrected chi connectivity index (χ2v) is 3.59. The molecule has 0 saturated heterocycles. The maximum absolute atomic E-state index is 11.4. The second-order valence-electron chi connectivity index (χ2n) is 3.59. The number of nitrogens with one attached hydrogen (secondary N) is 1. The quantitative estimate of drug-likeness (QED) is 0.615. The van der Waals surface area contributed by atoms with Crippen LogP contribution in [0.2, 0.25) is 0 Å². The van der Waals surface area contributed by atoms with Gasteiger partial charge in [0.25, 0.3) is 0 Å². The summed E-state index contributed by atoms with van der Waals surface area (Å²) < 4.78 is 4.74. The first kappa shape index (κ1) is 14.0. The van der Waals surface area contributed by atoms with Crippen molar-refractivity contribution in [3.63, 3.8) is 0 Å². The third kappa shape index (κ3) is 5.84. The summed E-state index contributed by atoms with van der Waals surface area (Å²) in [5.74, 6) is -0.520. The minimum Gasteiger partial charge on any atom is -0.466 e. The lowest BCUT2D eigenvalue weighted by molar-refractivity contribution is -0.142. The fraction of sp³-hybridized carbons (Fsp3) is 0.286. The Hall–Kier alpha value is -2.10. The van der Waals surface area contributed by atoms with Gasteiger partial charge in [0.05, 0.1) is 13.0 Å². The van der Waals surface area contributed by atoms with Gasteiger partial charge in [-0.25, -0.2) is 0 Å². The van der Waals surface area contributed by atoms with Crippen molar-refractivity contribution in [3.05, 3.63) is 42.0 Å². The second kappa shape index (κ2) is 8.06. The van der Waals surface area contributed by atoms with Gasteiger partial charge >= 0.3 is 5.97 Å². The molecular formula is C14H17NO3. The fourth-order valence-corrected chi connectivity index (χ4v) is 1.32. The van der Waals surface area contributed by atoms with E-state index in [9.17, 15) is 9.59 Å². The maximum Gasteiger partial charge on any atom is 0.307 e. The largest absolute Gasteiger partial charge is 0.466 e. The molecule has 1 amide bonds. The monoisotopic (exact) mass is 247 g/mol. The number of benzene rings is 1. The molecule has 0 atom stereocenters. The number of hydrogen-bond acceptors (Lipinski definition) is 3. The third-order valence-electron chi connectivity index (χ3n) is 2.16. The molecule has 18 heavy (non-hydrogen) atoms. The van der Waals surface area contributed by atoms with Crippen LogP contribution in [0.15, 0.2) is 36.4 Å². The SMILES string of the molecule is CCOC(=O)CCNC(=O)/C=C/c1ccccc1. The zero-order chi connectivity index (χ0) is 13.2. The molecule has 0 radical (unpaired) electrons. The van der Waals surface area contributed by atoms with Crippen molar-refractivity contribution in [3.8, 4) is 0 Å². The molecule has 0 unspecified atom stereocenters. The molecule has 0 aliphatic rings. The lowest BCUT2D eigenvalue weighted by Gasteiger charge is -2.02. The molecule has 0 aliphatic heterocycles. The van der Waals surface area contributed by atoms with E-state index in [1.807, 2.05) is 30.3 Å². The van der Waals surface area contributed by atoms with Gasteiger partial charge in [-0.2, -0.15) is 0 Å². The van der Waals surface area contributed by atoms with Crippen molar-refractivity contribution in [2.75, 3.05) is 13.2 Å². The highest BCUT2D eigenvalue weighted by atomic mass is 16.5. The Morgan fingerprint density at radius 2 is 2.00 bits per heavy atom. The van der Waals surface area contributed by atoms with Crippen LogP contribution in [0.4, 0.5) is 0 Å². The van der Waals surface area contributed by atoms with E-state index in [1.165, 1.54) is 6.08 Å². The fourth-order valence-electron chi connectivity index (χ4n) is 1.32. The molecule has 0 saturated carbocycles. The predicted octanol–water partition coefficient (Wildman–Crippen LogP) is 1.77. The lowest BCUT2D eigenvalue weighted by Crippen LogP contribution is -2.24. The zero-order valence-electron chi connectivity index (χ0n) is 10.4. The molecule has 1 N–H and O–H groups in total. The van der Waals surface area contributed by atoms with Crippen molar-refractivity contribution in [2.45, 2.75) is 13.3 Å². The Kier molecular flexibility index (Phi) is 6.25. The number of esters is 1. The molecular weight excluding hydrogens is 230 g/mol. The average molecular weight is 247 g/mol. The zero-order valence-corrected chi connectivity index (χ0v) is 10.4. The molecule has 4 heteroatoms. The summed E-state index contributed by atoms with van der Waals surface area (Å²) in [5.41, 5.74) is 0.957. The average Bonchev–Trinajstić information content (AvgIpc) is 2.38. The lowest BCUT2D eigenvalue weighted by atomic mass is 10.2. The summed E-state index contributed by atoms with van der Waals surface area (Å²) in [4.78, 5) is 22.4. The van der Waals surface area contributed by atoms with E-state index < -0.39 is 0 Å². The van der Waals surface area contributed by atoms with Gasteiger partial charge in [-0.3, -0.25) is 9.59 Å². The highest BCUT2D eigenvalue weighted by molar-refractivity contribution is 5.91. The maximum atomic E-state index is 11.4. The molecule has 0 fully saturated rings. The van der Waals surface area contributed by atoms with Crippen molar-refractivity contribution < 1.29 is 14.3 Å². The van der Waals surface area contributed by atoms with Crippen molar-refractivity contribution >= 4 is 18.0 Å². The van der Waals surface area contributed by atoms with Crippen LogP contribution in [0.1, 0.15) is 18.9 Å². The van der Waals surface area contributed by atoms with Gasteiger partial charge < -0.3 is 10.1 Å². The van der Waals surface area contributed by atoms with E-state index in [1.54, 1.807) is 13.0 Å². The molecule has 0 spiro atoms. The van der Waals surface area contributed by atoms with E-state index in [4.69, 9.17) is 4.74 Å². The first-order chi connectivity index (χ1) is 8.72. The van der Waals surface area contributed by atoms with Gasteiger partial charge in [0.15, 0.2) is 0 Å². The number of amides is 1. The van der Waals surface area contributed by atoms with Gasteiger partial charge in [0, 0.05) is 12.6 Å². The molecule has 1 aromatic carbocycles. The van der Waals surface area contributed by atoms with Crippen LogP contribution in [0.25, 0.3) is 6.08 Å². The van der Waals surface area contributed by atoms with Crippen LogP contribution < -0.4 is 5.32 Å². The van der Waals surface area contributed by atoms with Gasteiger partial charge in [-0.05, 0) is 18.6 Å². The number of carbonyl (C=O) groups excluding carboxylic acids is 2. The summed E-state index contributed by atoms with van der Waals surface area (Å²) in [6.45, 7) is 2.40. The van der Waals surface area contributed by atoms with E-state index >= 15 is 0 Å². The molecule has 0 aliphatic carbocycles. The number of rotatable bonds is 6. The molecule has 0 bridgehead atoms. The van der Waals surface area contributed by atoms with Crippen LogP contribution in [0, 0.1) is 0 Å². The minimum atomic E-state index is -0.301. The number of hydrogen-bond donors (Lipinski definition) is 1. The van der Waals surface area contributed by atoms with Crippen LogP contribution in [-0.2, 0) is 14.3 Å². The Balaban J connectivity index is 2.26. The predicted molar refractivity (Wildman–Crippen MR) is 69.7 cm³/mol. The normalized spacial score (nSPS) is 10.3. The molecule has 4 nitrogen and oxygen atoms in total. The van der Waals surface area contributed by atoms with Crippen LogP contribution in [0.5, 0.6) is 0 Å². The Morgan fingerprint density at radius 3 is 2.67 bits per heavy atom. The van der Waals surface area contributed by atoms with E-state index in [0.717, 1.165) is 5.56 Å². The number of ether oxygens (including phenoxy) is 1. The Morgan fingerprint density at radius 1 is 1.28 bits per heavy atom. The number of carbonyl (C=O) groups is 2. The molecule has 0 aromatic heterocycles.